The van der Waals surface area contributed by atoms with E-state index in [1.165, 1.54) is 18.2 Å². The number of non-ortho nitro benzene ring substituents is 1. The van der Waals surface area contributed by atoms with Crippen LogP contribution in [-0.2, 0) is 16.1 Å². The van der Waals surface area contributed by atoms with E-state index in [1.54, 1.807) is 6.08 Å². The average Bonchev–Trinajstić information content (AvgIpc) is 2.61. The zero-order valence-electron chi connectivity index (χ0n) is 14.2. The number of hydrogen-bond donors (Lipinski definition) is 1. The molecule has 1 aromatic rings. The highest BCUT2D eigenvalue weighted by Crippen LogP contribution is 2.33. The molecular formula is C18H22N2O5. The molecule has 134 valence electrons. The van der Waals surface area contributed by atoms with Crippen LogP contribution in [-0.4, -0.2) is 23.7 Å². The average molecular weight is 346 g/mol. The van der Waals surface area contributed by atoms with Crippen LogP contribution >= 0.6 is 0 Å². The SMILES string of the molecule is CC1CCC(NC(=O)C=Cc2cc([N+](=O)[O-])cc3c2OCOC3)CC1. The number of nitro groups is 1. The van der Waals surface area contributed by atoms with Gasteiger partial charge in [-0.3, -0.25) is 14.9 Å². The van der Waals surface area contributed by atoms with Gasteiger partial charge in [-0.25, -0.2) is 0 Å². The normalized spacial score (nSPS) is 22.9. The van der Waals surface area contributed by atoms with Gasteiger partial charge in [-0.15, -0.1) is 0 Å². The van der Waals surface area contributed by atoms with Crippen LogP contribution in [0.25, 0.3) is 6.08 Å². The fraction of sp³-hybridized carbons (Fsp3) is 0.500. The maximum atomic E-state index is 12.2. The lowest BCUT2D eigenvalue weighted by molar-refractivity contribution is -0.385. The summed E-state index contributed by atoms with van der Waals surface area (Å²) >= 11 is 0. The Morgan fingerprint density at radius 3 is 2.80 bits per heavy atom. The maximum Gasteiger partial charge on any atom is 0.270 e. The summed E-state index contributed by atoms with van der Waals surface area (Å²) in [6.07, 6.45) is 7.22. The van der Waals surface area contributed by atoms with Gasteiger partial charge >= 0.3 is 0 Å². The van der Waals surface area contributed by atoms with E-state index in [1.807, 2.05) is 0 Å². The number of nitro benzene ring substituents is 1. The quantitative estimate of drug-likeness (QED) is 0.514. The Labute approximate surface area is 146 Å². The number of nitrogens with zero attached hydrogens (tertiary/aromatic N) is 1. The molecule has 0 bridgehead atoms. The molecule has 0 spiro atoms. The summed E-state index contributed by atoms with van der Waals surface area (Å²) in [5, 5.41) is 14.1. The monoisotopic (exact) mass is 346 g/mol. The number of carbonyl (C=O) groups is 1. The van der Waals surface area contributed by atoms with Crippen LogP contribution in [0.1, 0.15) is 43.7 Å². The van der Waals surface area contributed by atoms with Crippen molar-refractivity contribution < 1.29 is 19.2 Å². The Morgan fingerprint density at radius 1 is 1.32 bits per heavy atom. The molecule has 1 saturated carbocycles. The Kier molecular flexibility index (Phi) is 5.33. The highest BCUT2D eigenvalue weighted by molar-refractivity contribution is 5.92. The number of nitrogens with one attached hydrogen (secondary N) is 1. The van der Waals surface area contributed by atoms with Gasteiger partial charge in [0, 0.05) is 35.4 Å². The van der Waals surface area contributed by atoms with Gasteiger partial charge in [-0.05, 0) is 37.7 Å². The van der Waals surface area contributed by atoms with Gasteiger partial charge in [0.1, 0.15) is 5.75 Å². The van der Waals surface area contributed by atoms with E-state index in [9.17, 15) is 14.9 Å². The van der Waals surface area contributed by atoms with Crippen molar-refractivity contribution in [1.29, 1.82) is 0 Å². The summed E-state index contributed by atoms with van der Waals surface area (Å²) in [7, 11) is 0. The summed E-state index contributed by atoms with van der Waals surface area (Å²) in [6.45, 7) is 2.58. The third kappa shape index (κ3) is 4.36. The number of ether oxygens (including phenoxy) is 2. The third-order valence-corrected chi connectivity index (χ3v) is 4.71. The lowest BCUT2D eigenvalue weighted by atomic mass is 9.87. The molecule has 0 saturated heterocycles. The van der Waals surface area contributed by atoms with Crippen LogP contribution in [0.3, 0.4) is 0 Å². The zero-order valence-corrected chi connectivity index (χ0v) is 14.2. The Bertz CT molecular complexity index is 693. The van der Waals surface area contributed by atoms with Crippen LogP contribution in [0, 0.1) is 16.0 Å². The summed E-state index contributed by atoms with van der Waals surface area (Å²) in [6, 6.07) is 3.06. The molecule has 7 heteroatoms. The van der Waals surface area contributed by atoms with Gasteiger partial charge < -0.3 is 14.8 Å². The molecule has 1 heterocycles. The molecule has 0 atom stereocenters. The molecule has 1 aliphatic carbocycles. The standard InChI is InChI=1S/C18H22N2O5/c1-12-2-5-15(6-3-12)19-17(21)7-4-13-8-16(20(22)23)9-14-10-24-11-25-18(13)14/h4,7-9,12,15H,2-3,5-6,10-11H2,1H3,(H,19,21). The van der Waals surface area contributed by atoms with Gasteiger partial charge in [-0.2, -0.15) is 0 Å². The Hall–Kier alpha value is -2.41. The van der Waals surface area contributed by atoms with Crippen LogP contribution in [0.4, 0.5) is 5.69 Å². The summed E-state index contributed by atoms with van der Waals surface area (Å²) in [5.41, 5.74) is 1.08. The van der Waals surface area contributed by atoms with Crippen molar-refractivity contribution in [3.8, 4) is 5.75 Å². The fourth-order valence-electron chi connectivity index (χ4n) is 3.28. The molecule has 1 amide bonds. The van der Waals surface area contributed by atoms with Crippen LogP contribution < -0.4 is 10.1 Å². The first-order valence-electron chi connectivity index (χ1n) is 8.53. The minimum atomic E-state index is -0.463. The molecule has 0 radical (unpaired) electrons. The minimum absolute atomic E-state index is 0.0471. The van der Waals surface area contributed by atoms with Crippen LogP contribution in [0.15, 0.2) is 18.2 Å². The Morgan fingerprint density at radius 2 is 2.08 bits per heavy atom. The first kappa shape index (κ1) is 17.4. The van der Waals surface area contributed by atoms with Gasteiger partial charge in [0.15, 0.2) is 6.79 Å². The number of fused-ring (bicyclic) bond motifs is 1. The topological polar surface area (TPSA) is 90.7 Å². The van der Waals surface area contributed by atoms with Crippen molar-refractivity contribution in [2.24, 2.45) is 5.92 Å². The van der Waals surface area contributed by atoms with Crippen LogP contribution in [0.2, 0.25) is 0 Å². The molecule has 1 aromatic carbocycles. The summed E-state index contributed by atoms with van der Waals surface area (Å²) < 4.78 is 10.6. The smallest absolute Gasteiger partial charge is 0.270 e. The van der Waals surface area contributed by atoms with E-state index in [2.05, 4.69) is 12.2 Å². The van der Waals surface area contributed by atoms with E-state index in [-0.39, 0.29) is 31.0 Å². The molecule has 3 rings (SSSR count). The molecule has 1 fully saturated rings. The van der Waals surface area contributed by atoms with E-state index < -0.39 is 4.92 Å². The van der Waals surface area contributed by atoms with Crippen LogP contribution in [0.5, 0.6) is 5.75 Å². The minimum Gasteiger partial charge on any atom is -0.467 e. The van der Waals surface area contributed by atoms with E-state index >= 15 is 0 Å². The van der Waals surface area contributed by atoms with Crippen molar-refractivity contribution in [1.82, 2.24) is 5.32 Å². The highest BCUT2D eigenvalue weighted by atomic mass is 16.7. The lowest BCUT2D eigenvalue weighted by Crippen LogP contribution is -2.36. The summed E-state index contributed by atoms with van der Waals surface area (Å²) in [4.78, 5) is 22.8. The molecule has 7 nitrogen and oxygen atoms in total. The zero-order chi connectivity index (χ0) is 17.8. The number of hydrogen-bond acceptors (Lipinski definition) is 5. The van der Waals surface area contributed by atoms with Crippen molar-refractivity contribution in [2.75, 3.05) is 6.79 Å². The predicted molar refractivity (Wildman–Crippen MR) is 92.0 cm³/mol. The van der Waals surface area contributed by atoms with Crippen molar-refractivity contribution in [2.45, 2.75) is 45.3 Å². The van der Waals surface area contributed by atoms with Crippen molar-refractivity contribution in [3.05, 3.63) is 39.4 Å². The first-order chi connectivity index (χ1) is 12.0. The van der Waals surface area contributed by atoms with E-state index in [0.717, 1.165) is 31.6 Å². The van der Waals surface area contributed by atoms with Gasteiger partial charge in [0.2, 0.25) is 5.91 Å². The van der Waals surface area contributed by atoms with Crippen molar-refractivity contribution >= 4 is 17.7 Å². The largest absolute Gasteiger partial charge is 0.467 e. The molecule has 1 N–H and O–H groups in total. The second-order valence-electron chi connectivity index (χ2n) is 6.69. The second kappa shape index (κ2) is 7.65. The molecule has 25 heavy (non-hydrogen) atoms. The third-order valence-electron chi connectivity index (χ3n) is 4.71. The molecular weight excluding hydrogens is 324 g/mol. The van der Waals surface area contributed by atoms with Gasteiger partial charge in [0.25, 0.3) is 5.69 Å². The number of carbonyl (C=O) groups excluding carboxylic acids is 1. The van der Waals surface area contributed by atoms with E-state index in [0.29, 0.717) is 16.9 Å². The summed E-state index contributed by atoms with van der Waals surface area (Å²) in [5.74, 6) is 1.07. The maximum absolute atomic E-state index is 12.2. The van der Waals surface area contributed by atoms with E-state index in [4.69, 9.17) is 9.47 Å². The second-order valence-corrected chi connectivity index (χ2v) is 6.69. The predicted octanol–water partition coefficient (Wildman–Crippen LogP) is 3.17. The number of benzene rings is 1. The molecule has 1 aliphatic heterocycles. The lowest BCUT2D eigenvalue weighted by Gasteiger charge is -2.26. The molecule has 2 aliphatic rings. The molecule has 0 aromatic heterocycles. The fourth-order valence-corrected chi connectivity index (χ4v) is 3.28. The van der Waals surface area contributed by atoms with Gasteiger partial charge in [0.05, 0.1) is 11.5 Å². The van der Waals surface area contributed by atoms with Gasteiger partial charge in [-0.1, -0.05) is 6.92 Å². The first-order valence-corrected chi connectivity index (χ1v) is 8.53. The highest BCUT2D eigenvalue weighted by Gasteiger charge is 2.21. The number of amides is 1. The van der Waals surface area contributed by atoms with Crippen molar-refractivity contribution in [3.63, 3.8) is 0 Å². The molecule has 0 unspecified atom stereocenters. The number of rotatable bonds is 4. The Balaban J connectivity index is 1.72.